The molecule has 1 saturated heterocycles. The summed E-state index contributed by atoms with van der Waals surface area (Å²) in [5.41, 5.74) is 0.394. The van der Waals surface area contributed by atoms with Gasteiger partial charge in [-0.2, -0.15) is 5.26 Å². The van der Waals surface area contributed by atoms with Crippen molar-refractivity contribution in [3.63, 3.8) is 0 Å². The van der Waals surface area contributed by atoms with Crippen molar-refractivity contribution in [1.82, 2.24) is 19.8 Å². The highest BCUT2D eigenvalue weighted by molar-refractivity contribution is 6.49. The molecule has 234 valence electrons. The molecule has 2 N–H and O–H groups in total. The summed E-state index contributed by atoms with van der Waals surface area (Å²) in [7, 11) is 0. The monoisotopic (exact) mass is 690 g/mol. The van der Waals surface area contributed by atoms with Crippen LogP contribution in [0.15, 0.2) is 41.4 Å². The van der Waals surface area contributed by atoms with Crippen molar-refractivity contribution in [3.8, 4) is 23.1 Å². The third kappa shape index (κ3) is 5.42. The molecule has 2 aromatic heterocycles. The van der Waals surface area contributed by atoms with E-state index >= 15 is 0 Å². The van der Waals surface area contributed by atoms with Crippen molar-refractivity contribution in [2.75, 3.05) is 31.1 Å². The number of pyridine rings is 2. The van der Waals surface area contributed by atoms with Crippen molar-refractivity contribution in [1.29, 1.82) is 5.26 Å². The van der Waals surface area contributed by atoms with E-state index in [4.69, 9.17) is 51.4 Å². The van der Waals surface area contributed by atoms with Gasteiger partial charge in [0.1, 0.15) is 22.3 Å². The van der Waals surface area contributed by atoms with E-state index in [1.807, 2.05) is 25.7 Å². The van der Waals surface area contributed by atoms with Crippen molar-refractivity contribution < 1.29 is 14.3 Å². The Balaban J connectivity index is 1.90. The topological polar surface area (TPSA) is 114 Å². The average Bonchev–Trinajstić information content (AvgIpc) is 3.02. The number of carbonyl (C=O) groups is 1. The summed E-state index contributed by atoms with van der Waals surface area (Å²) in [6.45, 7) is 10.6. The van der Waals surface area contributed by atoms with Crippen LogP contribution in [0.2, 0.25) is 20.1 Å². The summed E-state index contributed by atoms with van der Waals surface area (Å²) in [5.74, 6) is -2.37. The molecular weight excluding hydrogens is 665 g/mol. The van der Waals surface area contributed by atoms with Gasteiger partial charge in [0.05, 0.1) is 43.8 Å². The quantitative estimate of drug-likeness (QED) is 0.176. The standard InChI is InChI=1S/C31H27Cl4FN6O3/c1-5-19(43)40-8-10-41(11-9-40)28-16-12-18(32)26(20-21(33)22(34)23(35)24(36)29(20)44)39-30(16)42(31(45)17(28)13-37)27-15(4)6-7-38-25(27)14(2)3/h5-7,12,14,25,38,44H,1,8-11H2,2-4H3. The Bertz CT molecular complexity index is 1910. The van der Waals surface area contributed by atoms with Gasteiger partial charge in [0.15, 0.2) is 11.6 Å². The van der Waals surface area contributed by atoms with Crippen molar-refractivity contribution >= 4 is 74.7 Å². The van der Waals surface area contributed by atoms with Crippen LogP contribution >= 0.6 is 46.4 Å². The number of nitriles is 1. The van der Waals surface area contributed by atoms with Crippen LogP contribution in [0, 0.1) is 23.1 Å². The van der Waals surface area contributed by atoms with Crippen molar-refractivity contribution in [2.24, 2.45) is 5.92 Å². The fourth-order valence-electron chi connectivity index (χ4n) is 5.72. The lowest BCUT2D eigenvalue weighted by Gasteiger charge is -2.37. The number of phenols is 1. The Kier molecular flexibility index (Phi) is 9.11. The molecule has 3 aromatic rings. The second kappa shape index (κ2) is 12.6. The number of anilines is 1. The largest absolute Gasteiger partial charge is 0.504 e. The molecule has 1 aromatic carbocycles. The molecule has 14 heteroatoms. The minimum Gasteiger partial charge on any atom is -0.504 e. The highest BCUT2D eigenvalue weighted by Gasteiger charge is 2.33. The fourth-order valence-corrected chi connectivity index (χ4v) is 6.65. The summed E-state index contributed by atoms with van der Waals surface area (Å²) in [5, 5.41) is 23.6. The Morgan fingerprint density at radius 1 is 1.20 bits per heavy atom. The molecule has 0 radical (unpaired) electrons. The Morgan fingerprint density at radius 3 is 2.47 bits per heavy atom. The van der Waals surface area contributed by atoms with Gasteiger partial charge >= 0.3 is 0 Å². The van der Waals surface area contributed by atoms with E-state index < -0.39 is 22.1 Å². The van der Waals surface area contributed by atoms with E-state index in [1.165, 1.54) is 16.7 Å². The lowest BCUT2D eigenvalue weighted by Crippen LogP contribution is -2.49. The summed E-state index contributed by atoms with van der Waals surface area (Å²) in [4.78, 5) is 34.9. The third-order valence-corrected chi connectivity index (χ3v) is 9.56. The maximum atomic E-state index is 15.0. The SMILES string of the molecule is C=CC(=O)N1CCN(c2c(C#N)c(=O)n(C3=C(C)C=CNC3C(C)C)c3nc(-c4c(O)c(F)c(Cl)c(Cl)c4Cl)c(Cl)cc23)CC1. The molecule has 1 unspecified atom stereocenters. The number of benzene rings is 1. The molecule has 9 nitrogen and oxygen atoms in total. The van der Waals surface area contributed by atoms with Crippen LogP contribution in [-0.4, -0.2) is 57.7 Å². The lowest BCUT2D eigenvalue weighted by atomic mass is 9.94. The van der Waals surface area contributed by atoms with Gasteiger partial charge in [-0.3, -0.25) is 14.2 Å². The summed E-state index contributed by atoms with van der Waals surface area (Å²) >= 11 is 25.4. The summed E-state index contributed by atoms with van der Waals surface area (Å²) in [6, 6.07) is 3.23. The normalized spacial score (nSPS) is 16.8. The lowest BCUT2D eigenvalue weighted by molar-refractivity contribution is -0.126. The second-order valence-corrected chi connectivity index (χ2v) is 12.5. The number of halogens is 5. The number of dihydropyridines is 1. The maximum absolute atomic E-state index is 15.0. The molecule has 0 saturated carbocycles. The van der Waals surface area contributed by atoms with E-state index in [9.17, 15) is 24.3 Å². The molecule has 2 aliphatic rings. The number of amides is 1. The number of hydrogen-bond donors (Lipinski definition) is 2. The zero-order chi connectivity index (χ0) is 32.9. The highest BCUT2D eigenvalue weighted by Crippen LogP contribution is 2.48. The molecule has 1 atom stereocenters. The van der Waals surface area contributed by atoms with E-state index in [1.54, 1.807) is 17.2 Å². The third-order valence-electron chi connectivity index (χ3n) is 7.96. The van der Waals surface area contributed by atoms with E-state index in [-0.39, 0.29) is 61.1 Å². The number of nitrogens with one attached hydrogen (secondary N) is 1. The van der Waals surface area contributed by atoms with E-state index in [0.29, 0.717) is 37.3 Å². The predicted molar refractivity (Wildman–Crippen MR) is 177 cm³/mol. The Morgan fingerprint density at radius 2 is 1.87 bits per heavy atom. The van der Waals surface area contributed by atoms with Gasteiger partial charge < -0.3 is 20.2 Å². The predicted octanol–water partition coefficient (Wildman–Crippen LogP) is 6.60. The van der Waals surface area contributed by atoms with Crippen LogP contribution < -0.4 is 15.8 Å². The van der Waals surface area contributed by atoms with Crippen molar-refractivity contribution in [2.45, 2.75) is 26.8 Å². The molecule has 0 spiro atoms. The van der Waals surface area contributed by atoms with Crippen LogP contribution in [-0.2, 0) is 4.79 Å². The maximum Gasteiger partial charge on any atom is 0.276 e. The first-order valence-corrected chi connectivity index (χ1v) is 15.4. The molecule has 2 aliphatic heterocycles. The molecule has 1 fully saturated rings. The molecular formula is C31H27Cl4FN6O3. The number of nitrogens with zero attached hydrogens (tertiary/aromatic N) is 5. The summed E-state index contributed by atoms with van der Waals surface area (Å²) < 4.78 is 16.3. The number of allylic oxidation sites excluding steroid dienone is 2. The fraction of sp³-hybridized carbons (Fsp3) is 0.290. The van der Waals surface area contributed by atoms with Gasteiger partial charge in [-0.05, 0) is 42.8 Å². The van der Waals surface area contributed by atoms with Crippen molar-refractivity contribution in [3.05, 3.63) is 78.4 Å². The van der Waals surface area contributed by atoms with Crippen LogP contribution in [0.1, 0.15) is 26.3 Å². The first-order valence-electron chi connectivity index (χ1n) is 13.9. The smallest absolute Gasteiger partial charge is 0.276 e. The first-order chi connectivity index (χ1) is 21.3. The molecule has 0 aliphatic carbocycles. The molecule has 1 amide bonds. The number of phenolic OH excluding ortho intramolecular Hbond substituents is 1. The number of rotatable bonds is 5. The Hall–Kier alpha value is -3.75. The zero-order valence-corrected chi connectivity index (χ0v) is 27.4. The number of aromatic hydroxyl groups is 1. The van der Waals surface area contributed by atoms with Gasteiger partial charge in [0, 0.05) is 31.6 Å². The minimum atomic E-state index is -1.22. The second-order valence-electron chi connectivity index (χ2n) is 11.0. The minimum absolute atomic E-state index is 0.00281. The van der Waals surface area contributed by atoms with Gasteiger partial charge in [-0.1, -0.05) is 66.8 Å². The molecule has 0 bridgehead atoms. The van der Waals surface area contributed by atoms with Crippen LogP contribution in [0.25, 0.3) is 28.0 Å². The van der Waals surface area contributed by atoms with Gasteiger partial charge in [0.25, 0.3) is 5.56 Å². The Labute approximate surface area is 278 Å². The van der Waals surface area contributed by atoms with Gasteiger partial charge in [-0.15, -0.1) is 0 Å². The van der Waals surface area contributed by atoms with Gasteiger partial charge in [-0.25, -0.2) is 9.37 Å². The first kappa shape index (κ1) is 32.6. The highest BCUT2D eigenvalue weighted by atomic mass is 35.5. The zero-order valence-electron chi connectivity index (χ0n) is 24.4. The number of carbonyl (C=O) groups excluding carboxylic acids is 1. The van der Waals surface area contributed by atoms with E-state index in [0.717, 1.165) is 5.57 Å². The summed E-state index contributed by atoms with van der Waals surface area (Å²) in [6.07, 6.45) is 4.82. The number of fused-ring (bicyclic) bond motifs is 1. The molecule has 4 heterocycles. The number of hydrogen-bond acceptors (Lipinski definition) is 7. The van der Waals surface area contributed by atoms with Crippen LogP contribution in [0.4, 0.5) is 10.1 Å². The van der Waals surface area contributed by atoms with Crippen LogP contribution in [0.5, 0.6) is 5.75 Å². The number of aromatic nitrogens is 2. The van der Waals surface area contributed by atoms with Crippen LogP contribution in [0.3, 0.4) is 0 Å². The average molecular weight is 692 g/mol. The number of piperazine rings is 1. The van der Waals surface area contributed by atoms with E-state index in [2.05, 4.69) is 18.0 Å². The molecule has 45 heavy (non-hydrogen) atoms. The molecule has 5 rings (SSSR count). The van der Waals surface area contributed by atoms with Gasteiger partial charge in [0.2, 0.25) is 5.91 Å².